The Hall–Kier alpha value is -1.59. The van der Waals surface area contributed by atoms with Crippen LogP contribution < -0.4 is 4.74 Å². The van der Waals surface area contributed by atoms with E-state index < -0.39 is 11.9 Å². The highest BCUT2D eigenvalue weighted by Gasteiger charge is 2.34. The average molecular weight is 412 g/mol. The first-order chi connectivity index (χ1) is 13.9. The summed E-state index contributed by atoms with van der Waals surface area (Å²) in [6.07, 6.45) is 9.57. The van der Waals surface area contributed by atoms with Crippen LogP contribution in [-0.2, 0) is 11.0 Å². The summed E-state index contributed by atoms with van der Waals surface area (Å²) in [6, 6.07) is 2.01. The highest BCUT2D eigenvalue weighted by atomic mass is 19.4. The molecule has 0 saturated heterocycles. The number of ether oxygens (including phenoxy) is 1. The van der Waals surface area contributed by atoms with Crippen LogP contribution in [0.2, 0.25) is 0 Å². The molecular weight excluding hydrogens is 379 g/mol. The lowest BCUT2D eigenvalue weighted by atomic mass is 9.68. The van der Waals surface area contributed by atoms with E-state index in [2.05, 4.69) is 11.9 Å². The van der Waals surface area contributed by atoms with E-state index in [1.165, 1.54) is 44.9 Å². The van der Waals surface area contributed by atoms with Crippen LogP contribution >= 0.6 is 0 Å². The second-order valence-corrected chi connectivity index (χ2v) is 8.83. The molecule has 0 radical (unpaired) electrons. The number of esters is 1. The molecule has 2 aliphatic rings. The molecule has 0 atom stereocenters. The van der Waals surface area contributed by atoms with Gasteiger partial charge in [-0.15, -0.1) is 0 Å². The molecule has 162 valence electrons. The highest BCUT2D eigenvalue weighted by molar-refractivity contribution is 5.75. The second-order valence-electron chi connectivity index (χ2n) is 8.83. The Morgan fingerprint density at radius 2 is 1.66 bits per heavy atom. The summed E-state index contributed by atoms with van der Waals surface area (Å²) >= 11 is 0. The monoisotopic (exact) mass is 411 g/mol. The van der Waals surface area contributed by atoms with Crippen LogP contribution in [0.15, 0.2) is 18.3 Å². The van der Waals surface area contributed by atoms with Crippen LogP contribution in [0.4, 0.5) is 13.2 Å². The van der Waals surface area contributed by atoms with Gasteiger partial charge in [-0.25, -0.2) is 4.98 Å². The normalized spacial score (nSPS) is 28.1. The smallest absolute Gasteiger partial charge is 0.425 e. The molecule has 0 aliphatic heterocycles. The molecule has 2 fully saturated rings. The fourth-order valence-electron chi connectivity index (χ4n) is 5.08. The maximum absolute atomic E-state index is 12.6. The quantitative estimate of drug-likeness (QED) is 0.483. The van der Waals surface area contributed by atoms with Gasteiger partial charge in [0.05, 0.1) is 12.1 Å². The van der Waals surface area contributed by atoms with Crippen molar-refractivity contribution in [1.82, 2.24) is 4.98 Å². The number of pyridine rings is 1. The Kier molecular flexibility index (Phi) is 7.58. The minimum absolute atomic E-state index is 0.0792. The number of carbonyl (C=O) groups excluding carboxylic acids is 1. The Morgan fingerprint density at radius 3 is 2.17 bits per heavy atom. The number of alkyl halides is 3. The summed E-state index contributed by atoms with van der Waals surface area (Å²) in [5.41, 5.74) is -0.984. The average Bonchev–Trinajstić information content (AvgIpc) is 2.72. The van der Waals surface area contributed by atoms with E-state index in [9.17, 15) is 18.0 Å². The van der Waals surface area contributed by atoms with Gasteiger partial charge in [0.25, 0.3) is 0 Å². The topological polar surface area (TPSA) is 39.2 Å². The van der Waals surface area contributed by atoms with Gasteiger partial charge >= 0.3 is 12.1 Å². The first-order valence-corrected chi connectivity index (χ1v) is 11.1. The number of unbranched alkanes of at least 4 members (excludes halogenated alkanes) is 1. The largest absolute Gasteiger partial charge is 0.433 e. The second kappa shape index (κ2) is 9.94. The van der Waals surface area contributed by atoms with Crippen molar-refractivity contribution in [3.63, 3.8) is 0 Å². The minimum Gasteiger partial charge on any atom is -0.425 e. The van der Waals surface area contributed by atoms with E-state index in [0.29, 0.717) is 5.92 Å². The Bertz CT molecular complexity index is 643. The molecule has 3 nitrogen and oxygen atoms in total. The molecule has 0 aromatic carbocycles. The lowest BCUT2D eigenvalue weighted by Crippen LogP contribution is -2.30. The van der Waals surface area contributed by atoms with Gasteiger partial charge in [0.15, 0.2) is 0 Å². The zero-order valence-corrected chi connectivity index (χ0v) is 17.2. The van der Waals surface area contributed by atoms with E-state index in [4.69, 9.17) is 4.74 Å². The van der Waals surface area contributed by atoms with E-state index in [-0.39, 0.29) is 17.6 Å². The van der Waals surface area contributed by atoms with Gasteiger partial charge in [-0.3, -0.25) is 4.79 Å². The first kappa shape index (κ1) is 22.1. The lowest BCUT2D eigenvalue weighted by Gasteiger charge is -2.37. The molecule has 29 heavy (non-hydrogen) atoms. The lowest BCUT2D eigenvalue weighted by molar-refractivity contribution is -0.141. The number of aromatic nitrogens is 1. The predicted molar refractivity (Wildman–Crippen MR) is 105 cm³/mol. The molecule has 0 spiro atoms. The van der Waals surface area contributed by atoms with Gasteiger partial charge in [-0.2, -0.15) is 13.2 Å². The van der Waals surface area contributed by atoms with Crippen molar-refractivity contribution in [2.45, 2.75) is 83.7 Å². The van der Waals surface area contributed by atoms with Crippen LogP contribution in [0.5, 0.6) is 5.75 Å². The third-order valence-corrected chi connectivity index (χ3v) is 6.87. The van der Waals surface area contributed by atoms with Crippen molar-refractivity contribution in [1.29, 1.82) is 0 Å². The Labute approximate surface area is 171 Å². The standard InChI is InChI=1S/C23H32F3NO2/c1-2-3-4-16-5-7-17(8-6-16)18-9-11-19(12-10-18)22(28)29-20-13-14-21(27-15-20)23(24,25)26/h13-19H,2-12H2,1H3. The SMILES string of the molecule is CCCCC1CCC(C2CCC(C(=O)Oc3ccc(C(F)(F)F)nc3)CC2)CC1. The number of hydrogen-bond acceptors (Lipinski definition) is 3. The number of carbonyl (C=O) groups is 1. The Balaban J connectivity index is 1.42. The summed E-state index contributed by atoms with van der Waals surface area (Å²) in [4.78, 5) is 15.7. The Morgan fingerprint density at radius 1 is 1.03 bits per heavy atom. The van der Waals surface area contributed by atoms with Crippen molar-refractivity contribution >= 4 is 5.97 Å². The molecule has 1 heterocycles. The van der Waals surface area contributed by atoms with Crippen LogP contribution in [0.1, 0.15) is 83.2 Å². The molecule has 6 heteroatoms. The van der Waals surface area contributed by atoms with Gasteiger partial charge in [0.2, 0.25) is 0 Å². The highest BCUT2D eigenvalue weighted by Crippen LogP contribution is 2.42. The predicted octanol–water partition coefficient (Wildman–Crippen LogP) is 6.81. The zero-order chi connectivity index (χ0) is 20.9. The van der Waals surface area contributed by atoms with Crippen LogP contribution in [0.25, 0.3) is 0 Å². The van der Waals surface area contributed by atoms with E-state index in [0.717, 1.165) is 55.8 Å². The zero-order valence-electron chi connectivity index (χ0n) is 17.2. The number of rotatable bonds is 6. The molecule has 0 N–H and O–H groups in total. The van der Waals surface area contributed by atoms with E-state index in [1.54, 1.807) is 0 Å². The molecule has 1 aromatic heterocycles. The van der Waals surface area contributed by atoms with Crippen molar-refractivity contribution in [3.8, 4) is 5.75 Å². The molecule has 2 saturated carbocycles. The van der Waals surface area contributed by atoms with Crippen LogP contribution in [0.3, 0.4) is 0 Å². The molecule has 2 aliphatic carbocycles. The van der Waals surface area contributed by atoms with E-state index >= 15 is 0 Å². The minimum atomic E-state index is -4.49. The molecule has 0 amide bonds. The molecule has 0 unspecified atom stereocenters. The maximum atomic E-state index is 12.6. The van der Waals surface area contributed by atoms with Crippen molar-refractivity contribution < 1.29 is 22.7 Å². The first-order valence-electron chi connectivity index (χ1n) is 11.1. The van der Waals surface area contributed by atoms with Crippen molar-refractivity contribution in [2.75, 3.05) is 0 Å². The third kappa shape index (κ3) is 6.19. The van der Waals surface area contributed by atoms with E-state index in [1.807, 2.05) is 0 Å². The summed E-state index contributed by atoms with van der Waals surface area (Å²) in [5, 5.41) is 0. The van der Waals surface area contributed by atoms with Crippen LogP contribution in [-0.4, -0.2) is 11.0 Å². The van der Waals surface area contributed by atoms with Crippen LogP contribution in [0, 0.1) is 23.7 Å². The summed E-state index contributed by atoms with van der Waals surface area (Å²) in [5.74, 6) is 2.00. The van der Waals surface area contributed by atoms with Gasteiger partial charge in [0, 0.05) is 0 Å². The summed E-state index contributed by atoms with van der Waals surface area (Å²) in [7, 11) is 0. The van der Waals surface area contributed by atoms with Crippen molar-refractivity contribution in [3.05, 3.63) is 24.0 Å². The third-order valence-electron chi connectivity index (χ3n) is 6.87. The van der Waals surface area contributed by atoms with Crippen molar-refractivity contribution in [2.24, 2.45) is 23.7 Å². The molecular formula is C23H32F3NO2. The fraction of sp³-hybridized carbons (Fsp3) is 0.739. The summed E-state index contributed by atoms with van der Waals surface area (Å²) in [6.45, 7) is 2.25. The fourth-order valence-corrected chi connectivity index (χ4v) is 5.08. The van der Waals surface area contributed by atoms with Gasteiger partial charge in [0.1, 0.15) is 11.4 Å². The summed E-state index contributed by atoms with van der Waals surface area (Å²) < 4.78 is 43.0. The maximum Gasteiger partial charge on any atom is 0.433 e. The number of halogens is 3. The molecule has 0 bridgehead atoms. The van der Waals surface area contributed by atoms with Gasteiger partial charge < -0.3 is 4.74 Å². The number of nitrogens with zero attached hydrogens (tertiary/aromatic N) is 1. The molecule has 3 rings (SSSR count). The van der Waals surface area contributed by atoms with Gasteiger partial charge in [-0.05, 0) is 68.4 Å². The molecule has 1 aromatic rings. The number of hydrogen-bond donors (Lipinski definition) is 0. The van der Waals surface area contributed by atoms with Gasteiger partial charge in [-0.1, -0.05) is 39.0 Å².